The molecule has 0 radical (unpaired) electrons. The van der Waals surface area contributed by atoms with Crippen LogP contribution in [-0.4, -0.2) is 28.3 Å². The summed E-state index contributed by atoms with van der Waals surface area (Å²) < 4.78 is 13.7. The first-order chi connectivity index (χ1) is 10.0. The van der Waals surface area contributed by atoms with E-state index in [0.29, 0.717) is 6.54 Å². The second-order valence-corrected chi connectivity index (χ2v) is 5.33. The zero-order valence-corrected chi connectivity index (χ0v) is 12.0. The van der Waals surface area contributed by atoms with Crippen LogP contribution in [-0.2, 0) is 0 Å². The molecule has 0 N–H and O–H groups in total. The van der Waals surface area contributed by atoms with Gasteiger partial charge in [0.1, 0.15) is 0 Å². The Kier molecular flexibility index (Phi) is 4.88. The van der Waals surface area contributed by atoms with Crippen molar-refractivity contribution in [1.29, 1.82) is 0 Å². The van der Waals surface area contributed by atoms with Gasteiger partial charge in [-0.25, -0.2) is 0 Å². The third kappa shape index (κ3) is 3.37. The number of likely N-dealkylation sites (tertiary alicyclic amines) is 1. The van der Waals surface area contributed by atoms with Crippen molar-refractivity contribution in [2.75, 3.05) is 6.54 Å². The van der Waals surface area contributed by atoms with Crippen molar-refractivity contribution in [1.82, 2.24) is 4.90 Å². The molecular formula is C15H19FN2O3. The van der Waals surface area contributed by atoms with Crippen molar-refractivity contribution in [2.24, 2.45) is 0 Å². The highest BCUT2D eigenvalue weighted by atomic mass is 19.1. The van der Waals surface area contributed by atoms with Gasteiger partial charge in [0.2, 0.25) is 5.82 Å². The van der Waals surface area contributed by atoms with E-state index in [2.05, 4.69) is 0 Å². The summed E-state index contributed by atoms with van der Waals surface area (Å²) in [5.41, 5.74) is -0.423. The maximum Gasteiger partial charge on any atom is 0.304 e. The minimum Gasteiger partial charge on any atom is -0.336 e. The lowest BCUT2D eigenvalue weighted by molar-refractivity contribution is -0.387. The number of hydrogen-bond donors (Lipinski definition) is 0. The molecule has 1 aliphatic heterocycles. The predicted molar refractivity (Wildman–Crippen MR) is 76.6 cm³/mol. The fourth-order valence-corrected chi connectivity index (χ4v) is 2.82. The van der Waals surface area contributed by atoms with Crippen LogP contribution in [0.1, 0.15) is 49.4 Å². The van der Waals surface area contributed by atoms with Crippen LogP contribution in [0.5, 0.6) is 0 Å². The third-order valence-corrected chi connectivity index (χ3v) is 4.00. The fraction of sp³-hybridized carbons (Fsp3) is 0.533. The molecule has 2 rings (SSSR count). The van der Waals surface area contributed by atoms with Gasteiger partial charge in [-0.15, -0.1) is 0 Å². The number of halogens is 1. The lowest BCUT2D eigenvalue weighted by Crippen LogP contribution is -2.39. The van der Waals surface area contributed by atoms with E-state index in [9.17, 15) is 19.3 Å². The first-order valence-corrected chi connectivity index (χ1v) is 7.29. The molecule has 1 unspecified atom stereocenters. The average molecular weight is 294 g/mol. The Balaban J connectivity index is 2.25. The molecule has 0 saturated carbocycles. The van der Waals surface area contributed by atoms with Crippen molar-refractivity contribution in [3.63, 3.8) is 0 Å². The van der Waals surface area contributed by atoms with E-state index in [1.807, 2.05) is 6.92 Å². The third-order valence-electron chi connectivity index (χ3n) is 4.00. The number of amides is 1. The minimum atomic E-state index is -0.964. The minimum absolute atomic E-state index is 0.165. The Morgan fingerprint density at radius 3 is 2.81 bits per heavy atom. The predicted octanol–water partition coefficient (Wildman–Crippen LogP) is 3.53. The monoisotopic (exact) mass is 294 g/mol. The summed E-state index contributed by atoms with van der Waals surface area (Å²) in [5, 5.41) is 10.6. The zero-order valence-electron chi connectivity index (χ0n) is 12.0. The van der Waals surface area contributed by atoms with E-state index >= 15 is 0 Å². The molecule has 1 fully saturated rings. The van der Waals surface area contributed by atoms with E-state index in [4.69, 9.17) is 0 Å². The molecule has 5 nitrogen and oxygen atoms in total. The molecule has 0 aliphatic carbocycles. The molecular weight excluding hydrogens is 275 g/mol. The van der Waals surface area contributed by atoms with Gasteiger partial charge in [-0.05, 0) is 31.4 Å². The molecule has 1 aliphatic rings. The Morgan fingerprint density at radius 2 is 2.19 bits per heavy atom. The van der Waals surface area contributed by atoms with Gasteiger partial charge in [-0.3, -0.25) is 14.9 Å². The topological polar surface area (TPSA) is 63.5 Å². The molecule has 6 heteroatoms. The maximum absolute atomic E-state index is 13.7. The molecule has 1 heterocycles. The van der Waals surface area contributed by atoms with Crippen LogP contribution < -0.4 is 0 Å². The average Bonchev–Trinajstić information content (AvgIpc) is 2.71. The molecule has 0 aromatic heterocycles. The Labute approximate surface area is 122 Å². The van der Waals surface area contributed by atoms with Crippen LogP contribution in [0, 0.1) is 15.9 Å². The highest BCUT2D eigenvalue weighted by Gasteiger charge is 2.26. The summed E-state index contributed by atoms with van der Waals surface area (Å²) in [4.78, 5) is 24.2. The first kappa shape index (κ1) is 15.4. The number of benzene rings is 1. The number of carbonyl (C=O) groups is 1. The molecule has 1 aromatic rings. The van der Waals surface area contributed by atoms with E-state index < -0.39 is 16.4 Å². The van der Waals surface area contributed by atoms with Crippen LogP contribution in [0.25, 0.3) is 0 Å². The van der Waals surface area contributed by atoms with Crippen LogP contribution in [0.15, 0.2) is 18.2 Å². The lowest BCUT2D eigenvalue weighted by Gasteiger charge is -2.29. The number of nitro benzene ring substituents is 1. The van der Waals surface area contributed by atoms with Crippen molar-refractivity contribution in [3.05, 3.63) is 39.7 Å². The molecule has 21 heavy (non-hydrogen) atoms. The smallest absolute Gasteiger partial charge is 0.304 e. The van der Waals surface area contributed by atoms with Gasteiger partial charge in [-0.1, -0.05) is 19.8 Å². The SMILES string of the molecule is CCC1CCCCCN1C(=O)c1ccc([N+](=O)[O-])c(F)c1. The van der Waals surface area contributed by atoms with Gasteiger partial charge < -0.3 is 4.90 Å². The zero-order chi connectivity index (χ0) is 15.4. The van der Waals surface area contributed by atoms with Crippen LogP contribution >= 0.6 is 0 Å². The summed E-state index contributed by atoms with van der Waals surface area (Å²) in [6, 6.07) is 3.53. The molecule has 114 valence electrons. The van der Waals surface area contributed by atoms with Gasteiger partial charge in [0, 0.05) is 24.2 Å². The van der Waals surface area contributed by atoms with Crippen molar-refractivity contribution >= 4 is 11.6 Å². The highest BCUT2D eigenvalue weighted by Crippen LogP contribution is 2.23. The number of nitro groups is 1. The highest BCUT2D eigenvalue weighted by molar-refractivity contribution is 5.94. The molecule has 1 amide bonds. The summed E-state index contributed by atoms with van der Waals surface area (Å²) in [7, 11) is 0. The molecule has 1 aromatic carbocycles. The van der Waals surface area contributed by atoms with E-state index in [-0.39, 0.29) is 17.5 Å². The number of rotatable bonds is 3. The fourth-order valence-electron chi connectivity index (χ4n) is 2.82. The van der Waals surface area contributed by atoms with Gasteiger partial charge in [-0.2, -0.15) is 4.39 Å². The van der Waals surface area contributed by atoms with Crippen LogP contribution in [0.2, 0.25) is 0 Å². The molecule has 0 spiro atoms. The second kappa shape index (κ2) is 6.65. The number of hydrogen-bond acceptors (Lipinski definition) is 3. The number of carbonyl (C=O) groups excluding carboxylic acids is 1. The molecule has 1 atom stereocenters. The maximum atomic E-state index is 13.7. The summed E-state index contributed by atoms with van der Waals surface area (Å²) >= 11 is 0. The van der Waals surface area contributed by atoms with E-state index in [1.165, 1.54) is 6.07 Å². The summed E-state index contributed by atoms with van der Waals surface area (Å²) in [6.45, 7) is 2.70. The van der Waals surface area contributed by atoms with Gasteiger partial charge in [0.15, 0.2) is 0 Å². The van der Waals surface area contributed by atoms with Crippen molar-refractivity contribution in [2.45, 2.75) is 45.1 Å². The Bertz CT molecular complexity index is 548. The standard InChI is InChI=1S/C15H19FN2O3/c1-2-12-6-4-3-5-9-17(12)15(19)11-7-8-14(18(20)21)13(16)10-11/h7-8,10,12H,2-6,9H2,1H3. The quantitative estimate of drug-likeness (QED) is 0.633. The van der Waals surface area contributed by atoms with Crippen LogP contribution in [0.3, 0.4) is 0 Å². The number of nitrogens with zero attached hydrogens (tertiary/aromatic N) is 2. The van der Waals surface area contributed by atoms with Gasteiger partial charge in [0.05, 0.1) is 4.92 Å². The summed E-state index contributed by atoms with van der Waals surface area (Å²) in [5.74, 6) is -1.20. The first-order valence-electron chi connectivity index (χ1n) is 7.29. The van der Waals surface area contributed by atoms with E-state index in [1.54, 1.807) is 4.90 Å². The van der Waals surface area contributed by atoms with Gasteiger partial charge >= 0.3 is 5.69 Å². The largest absolute Gasteiger partial charge is 0.336 e. The van der Waals surface area contributed by atoms with Crippen molar-refractivity contribution in [3.8, 4) is 0 Å². The Hall–Kier alpha value is -1.98. The second-order valence-electron chi connectivity index (χ2n) is 5.33. The van der Waals surface area contributed by atoms with Crippen molar-refractivity contribution < 1.29 is 14.1 Å². The molecule has 0 bridgehead atoms. The normalized spacial score (nSPS) is 19.1. The van der Waals surface area contributed by atoms with Gasteiger partial charge in [0.25, 0.3) is 5.91 Å². The van der Waals surface area contributed by atoms with E-state index in [0.717, 1.165) is 44.2 Å². The molecule has 1 saturated heterocycles. The summed E-state index contributed by atoms with van der Waals surface area (Å²) in [6.07, 6.45) is 4.95. The lowest BCUT2D eigenvalue weighted by atomic mass is 10.1. The Morgan fingerprint density at radius 1 is 1.43 bits per heavy atom. The van der Waals surface area contributed by atoms with Crippen LogP contribution in [0.4, 0.5) is 10.1 Å².